The minimum atomic E-state index is -0.889. The first-order valence-electron chi connectivity index (χ1n) is 3.09. The molecule has 0 spiro atoms. The molecule has 1 aromatic carbocycles. The van der Waals surface area contributed by atoms with Gasteiger partial charge in [0.15, 0.2) is 0 Å². The van der Waals surface area contributed by atoms with Crippen molar-refractivity contribution in [2.75, 3.05) is 12.6 Å². The lowest BCUT2D eigenvalue weighted by atomic mass is 10.3. The van der Waals surface area contributed by atoms with Crippen LogP contribution in [0.3, 0.4) is 0 Å². The SMILES string of the molecule is Nc1ccc(OCF)c(Cl)c1I. The third kappa shape index (κ3) is 1.92. The van der Waals surface area contributed by atoms with E-state index >= 15 is 0 Å². The van der Waals surface area contributed by atoms with E-state index in [-0.39, 0.29) is 0 Å². The Hall–Kier alpha value is -0.230. The molecule has 0 amide bonds. The number of rotatable bonds is 2. The lowest BCUT2D eigenvalue weighted by Crippen LogP contribution is -1.95. The molecule has 1 aromatic rings. The van der Waals surface area contributed by atoms with E-state index in [9.17, 15) is 4.39 Å². The quantitative estimate of drug-likeness (QED) is 0.673. The Morgan fingerprint density at radius 3 is 2.83 bits per heavy atom. The summed E-state index contributed by atoms with van der Waals surface area (Å²) in [6.45, 7) is -0.889. The molecule has 0 unspecified atom stereocenters. The number of nitrogens with two attached hydrogens (primary N) is 1. The van der Waals surface area contributed by atoms with E-state index in [1.165, 1.54) is 0 Å². The Balaban J connectivity index is 3.08. The smallest absolute Gasteiger partial charge is 0.228 e. The summed E-state index contributed by atoms with van der Waals surface area (Å²) in [6, 6.07) is 3.16. The van der Waals surface area contributed by atoms with Gasteiger partial charge in [0.25, 0.3) is 0 Å². The summed E-state index contributed by atoms with van der Waals surface area (Å²) in [5.74, 6) is 0.317. The van der Waals surface area contributed by atoms with E-state index in [0.29, 0.717) is 20.0 Å². The fourth-order valence-corrected chi connectivity index (χ4v) is 1.39. The molecule has 2 nitrogen and oxygen atoms in total. The molecule has 12 heavy (non-hydrogen) atoms. The molecule has 0 heterocycles. The predicted octanol–water partition coefficient (Wildman–Crippen LogP) is 2.83. The molecule has 0 aromatic heterocycles. The monoisotopic (exact) mass is 301 g/mol. The summed E-state index contributed by atoms with van der Waals surface area (Å²) in [4.78, 5) is 0. The van der Waals surface area contributed by atoms with Crippen LogP contribution in [0.15, 0.2) is 12.1 Å². The van der Waals surface area contributed by atoms with Gasteiger partial charge in [-0.2, -0.15) is 0 Å². The molecule has 66 valence electrons. The van der Waals surface area contributed by atoms with Crippen LogP contribution in [0.4, 0.5) is 10.1 Å². The maximum atomic E-state index is 11.8. The van der Waals surface area contributed by atoms with Crippen LogP contribution in [0.2, 0.25) is 5.02 Å². The minimum Gasteiger partial charge on any atom is -0.461 e. The third-order valence-electron chi connectivity index (χ3n) is 1.29. The Labute approximate surface area is 88.0 Å². The number of ether oxygens (including phenoxy) is 1. The second kappa shape index (κ2) is 4.13. The topological polar surface area (TPSA) is 35.2 Å². The lowest BCUT2D eigenvalue weighted by molar-refractivity contribution is 0.192. The van der Waals surface area contributed by atoms with Crippen LogP contribution in [-0.2, 0) is 0 Å². The Morgan fingerprint density at radius 2 is 2.25 bits per heavy atom. The van der Waals surface area contributed by atoms with Crippen molar-refractivity contribution >= 4 is 39.9 Å². The minimum absolute atomic E-state index is 0.317. The standard InChI is InChI=1S/C7H6ClFINO/c8-6-5(12-3-9)2-1-4(11)7(6)10/h1-2H,3,11H2. The summed E-state index contributed by atoms with van der Waals surface area (Å²) in [5, 5.41) is 0.355. The van der Waals surface area contributed by atoms with Gasteiger partial charge in [0, 0.05) is 5.69 Å². The van der Waals surface area contributed by atoms with Crippen molar-refractivity contribution in [3.8, 4) is 5.75 Å². The summed E-state index contributed by atoms with van der Waals surface area (Å²) >= 11 is 7.77. The van der Waals surface area contributed by atoms with E-state index < -0.39 is 6.86 Å². The first-order valence-corrected chi connectivity index (χ1v) is 4.54. The average Bonchev–Trinajstić information content (AvgIpc) is 2.07. The zero-order valence-electron chi connectivity index (χ0n) is 5.98. The molecule has 5 heteroatoms. The average molecular weight is 301 g/mol. The van der Waals surface area contributed by atoms with Gasteiger partial charge in [-0.25, -0.2) is 4.39 Å². The van der Waals surface area contributed by atoms with Crippen LogP contribution in [-0.4, -0.2) is 6.86 Å². The molecule has 1 rings (SSSR count). The largest absolute Gasteiger partial charge is 0.461 e. The highest BCUT2D eigenvalue weighted by Crippen LogP contribution is 2.33. The normalized spacial score (nSPS) is 9.92. The van der Waals surface area contributed by atoms with E-state index in [4.69, 9.17) is 17.3 Å². The molecule has 0 aliphatic heterocycles. The van der Waals surface area contributed by atoms with Crippen molar-refractivity contribution in [1.29, 1.82) is 0 Å². The first kappa shape index (κ1) is 9.85. The number of anilines is 1. The number of alkyl halides is 1. The molecular formula is C7H6ClFINO. The van der Waals surface area contributed by atoms with Crippen LogP contribution < -0.4 is 10.5 Å². The second-order valence-corrected chi connectivity index (χ2v) is 3.49. The number of nitrogen functional groups attached to an aromatic ring is 1. The second-order valence-electron chi connectivity index (χ2n) is 2.03. The van der Waals surface area contributed by atoms with E-state index in [0.717, 1.165) is 0 Å². The van der Waals surface area contributed by atoms with Gasteiger partial charge in [0.1, 0.15) is 5.75 Å². The van der Waals surface area contributed by atoms with Gasteiger partial charge in [0.05, 0.1) is 8.59 Å². The summed E-state index contributed by atoms with van der Waals surface area (Å²) < 4.78 is 17.1. The molecule has 0 radical (unpaired) electrons. The van der Waals surface area contributed by atoms with Crippen molar-refractivity contribution in [3.63, 3.8) is 0 Å². The van der Waals surface area contributed by atoms with E-state index in [1.807, 2.05) is 22.6 Å². The van der Waals surface area contributed by atoms with Crippen LogP contribution >= 0.6 is 34.2 Å². The number of hydrogen-bond acceptors (Lipinski definition) is 2. The number of hydrogen-bond donors (Lipinski definition) is 1. The molecule has 0 fully saturated rings. The summed E-state index contributed by atoms with van der Waals surface area (Å²) in [5.41, 5.74) is 6.11. The van der Waals surface area contributed by atoms with Crippen LogP contribution in [0.1, 0.15) is 0 Å². The highest BCUT2D eigenvalue weighted by molar-refractivity contribution is 14.1. The van der Waals surface area contributed by atoms with E-state index in [2.05, 4.69) is 4.74 Å². The molecular weight excluding hydrogens is 295 g/mol. The molecule has 2 N–H and O–H groups in total. The van der Waals surface area contributed by atoms with Crippen molar-refractivity contribution in [2.24, 2.45) is 0 Å². The van der Waals surface area contributed by atoms with Gasteiger partial charge < -0.3 is 10.5 Å². The first-order chi connectivity index (χ1) is 5.66. The Morgan fingerprint density at radius 1 is 1.58 bits per heavy atom. The third-order valence-corrected chi connectivity index (χ3v) is 3.14. The molecule has 0 saturated heterocycles. The fraction of sp³-hybridized carbons (Fsp3) is 0.143. The van der Waals surface area contributed by atoms with Gasteiger partial charge in [-0.1, -0.05) is 11.6 Å². The lowest BCUT2D eigenvalue weighted by Gasteiger charge is -2.06. The van der Waals surface area contributed by atoms with Crippen molar-refractivity contribution in [3.05, 3.63) is 20.7 Å². The zero-order chi connectivity index (χ0) is 9.14. The van der Waals surface area contributed by atoms with Crippen LogP contribution in [0.5, 0.6) is 5.75 Å². The van der Waals surface area contributed by atoms with Crippen LogP contribution in [0, 0.1) is 3.57 Å². The van der Waals surface area contributed by atoms with Crippen molar-refractivity contribution in [1.82, 2.24) is 0 Å². The van der Waals surface area contributed by atoms with Gasteiger partial charge in [-0.05, 0) is 34.7 Å². The van der Waals surface area contributed by atoms with Gasteiger partial charge in [-0.15, -0.1) is 0 Å². The molecule has 0 atom stereocenters. The molecule has 0 aliphatic rings. The predicted molar refractivity (Wildman–Crippen MR) is 55.2 cm³/mol. The number of benzene rings is 1. The summed E-state index contributed by atoms with van der Waals surface area (Å²) in [6.07, 6.45) is 0. The van der Waals surface area contributed by atoms with Crippen molar-refractivity contribution in [2.45, 2.75) is 0 Å². The summed E-state index contributed by atoms with van der Waals surface area (Å²) in [7, 11) is 0. The highest BCUT2D eigenvalue weighted by Gasteiger charge is 2.07. The van der Waals surface area contributed by atoms with E-state index in [1.54, 1.807) is 12.1 Å². The molecule has 0 bridgehead atoms. The Kier molecular flexibility index (Phi) is 3.39. The van der Waals surface area contributed by atoms with Crippen LogP contribution in [0.25, 0.3) is 0 Å². The van der Waals surface area contributed by atoms with Gasteiger partial charge in [0.2, 0.25) is 6.86 Å². The maximum absolute atomic E-state index is 11.8. The van der Waals surface area contributed by atoms with Gasteiger partial charge in [-0.3, -0.25) is 0 Å². The fourth-order valence-electron chi connectivity index (χ4n) is 0.717. The maximum Gasteiger partial charge on any atom is 0.228 e. The molecule has 0 aliphatic carbocycles. The Bertz CT molecular complexity index is 295. The zero-order valence-corrected chi connectivity index (χ0v) is 8.89. The molecule has 0 saturated carbocycles. The highest BCUT2D eigenvalue weighted by atomic mass is 127. The number of halogens is 3. The van der Waals surface area contributed by atoms with Crippen molar-refractivity contribution < 1.29 is 9.13 Å². The van der Waals surface area contributed by atoms with Gasteiger partial charge >= 0.3 is 0 Å².